The largest absolute Gasteiger partial charge is 0.481 e. The van der Waals surface area contributed by atoms with Crippen LogP contribution >= 0.6 is 8.25 Å². The Labute approximate surface area is 271 Å². The normalized spacial score (nSPS) is 20.1. The maximum atomic E-state index is 12.3. The van der Waals surface area contributed by atoms with Crippen molar-refractivity contribution in [3.63, 3.8) is 0 Å². The van der Waals surface area contributed by atoms with E-state index >= 15 is 0 Å². The number of nitrogens with one attached hydrogen (secondary N) is 2. The first-order chi connectivity index (χ1) is 22.2. The van der Waals surface area contributed by atoms with Gasteiger partial charge >= 0.3 is 19.9 Å². The van der Waals surface area contributed by atoms with Gasteiger partial charge in [0.05, 0.1) is 6.61 Å². The number of amides is 1. The Morgan fingerprint density at radius 2 is 1.43 bits per heavy atom. The van der Waals surface area contributed by atoms with Crippen LogP contribution in [0.5, 0.6) is 0 Å². The third-order valence-corrected chi connectivity index (χ3v) is 8.55. The molecule has 0 spiro atoms. The summed E-state index contributed by atoms with van der Waals surface area (Å²) in [7, 11) is -3.40. The Morgan fingerprint density at radius 1 is 0.870 bits per heavy atom. The lowest BCUT2D eigenvalue weighted by molar-refractivity contribution is -0.137. The van der Waals surface area contributed by atoms with Gasteiger partial charge in [-0.15, -0.1) is 0 Å². The Balaban J connectivity index is 1.51. The molecule has 15 heteroatoms. The van der Waals surface area contributed by atoms with Crippen molar-refractivity contribution in [3.8, 4) is 0 Å². The Kier molecular flexibility index (Phi) is 20.7. The van der Waals surface area contributed by atoms with E-state index < -0.39 is 56.6 Å². The summed E-state index contributed by atoms with van der Waals surface area (Å²) < 4.78 is 29.3. The molecule has 2 rings (SSSR count). The number of aliphatic hydroxyl groups is 1. The topological polar surface area (TPSA) is 206 Å². The van der Waals surface area contributed by atoms with Crippen molar-refractivity contribution in [2.45, 2.75) is 140 Å². The van der Waals surface area contributed by atoms with Crippen molar-refractivity contribution in [1.82, 2.24) is 14.9 Å². The van der Waals surface area contributed by atoms with E-state index in [4.69, 9.17) is 19.1 Å². The molecule has 0 aliphatic carbocycles. The Morgan fingerprint density at radius 3 is 2.00 bits per heavy atom. The molecule has 1 amide bonds. The smallest absolute Gasteiger partial charge is 0.330 e. The van der Waals surface area contributed by atoms with Crippen LogP contribution < -0.4 is 16.6 Å². The van der Waals surface area contributed by atoms with Crippen molar-refractivity contribution in [1.29, 1.82) is 0 Å². The zero-order chi connectivity index (χ0) is 33.6. The van der Waals surface area contributed by atoms with Crippen molar-refractivity contribution in [2.24, 2.45) is 0 Å². The first-order valence-corrected chi connectivity index (χ1v) is 18.1. The summed E-state index contributed by atoms with van der Waals surface area (Å²) in [5.41, 5.74) is -1.33. The molecule has 1 aliphatic rings. The fraction of sp³-hybridized carbons (Fsp3) is 0.806. The molecule has 0 radical (unpaired) electrons. The molecule has 1 aromatic rings. The number of carbonyl (C=O) groups is 2. The highest BCUT2D eigenvalue weighted by Gasteiger charge is 2.48. The van der Waals surface area contributed by atoms with E-state index in [2.05, 4.69) is 10.3 Å². The molecule has 14 nitrogen and oxygen atoms in total. The second kappa shape index (κ2) is 23.9. The van der Waals surface area contributed by atoms with E-state index in [0.29, 0.717) is 19.4 Å². The van der Waals surface area contributed by atoms with Gasteiger partial charge < -0.3 is 34.4 Å². The van der Waals surface area contributed by atoms with Gasteiger partial charge in [0.2, 0.25) is 5.91 Å². The highest BCUT2D eigenvalue weighted by atomic mass is 31.1. The van der Waals surface area contributed by atoms with E-state index in [1.807, 2.05) is 0 Å². The minimum absolute atomic E-state index is 0.0732. The van der Waals surface area contributed by atoms with Gasteiger partial charge in [0.1, 0.15) is 18.3 Å². The van der Waals surface area contributed by atoms with E-state index in [-0.39, 0.29) is 18.9 Å². The number of H-pyrrole nitrogens is 1. The van der Waals surface area contributed by atoms with Crippen molar-refractivity contribution in [2.75, 3.05) is 19.8 Å². The molecule has 5 atom stereocenters. The monoisotopic (exact) mass is 675 g/mol. The number of aliphatic hydroxyl groups excluding tert-OH is 1. The number of rotatable bonds is 27. The number of hydrogen-bond acceptors (Lipinski definition) is 9. The number of aromatic amines is 1. The number of carboxylic acid groups (broad SMARTS) is 1. The van der Waals surface area contributed by atoms with Crippen LogP contribution in [0.15, 0.2) is 21.9 Å². The summed E-state index contributed by atoms with van der Waals surface area (Å²) in [4.78, 5) is 57.9. The van der Waals surface area contributed by atoms with Crippen molar-refractivity contribution < 1.29 is 43.3 Å². The zero-order valence-electron chi connectivity index (χ0n) is 26.9. The maximum Gasteiger partial charge on any atom is 0.330 e. The van der Waals surface area contributed by atoms with E-state index in [1.54, 1.807) is 0 Å². The first-order valence-electron chi connectivity index (χ1n) is 16.8. The summed E-state index contributed by atoms with van der Waals surface area (Å²) in [6.45, 7) is 0.323. The molecule has 1 aromatic heterocycles. The predicted octanol–water partition coefficient (Wildman–Crippen LogP) is 3.80. The average molecular weight is 676 g/mol. The Bertz CT molecular complexity index is 1150. The molecule has 0 aromatic carbocycles. The lowest BCUT2D eigenvalue weighted by atomic mass is 10.0. The Hall–Kier alpha value is -2.35. The number of nitrogens with zero attached hydrogens (tertiary/aromatic N) is 1. The molecule has 2 heterocycles. The molecule has 5 N–H and O–H groups in total. The zero-order valence-corrected chi connectivity index (χ0v) is 27.9. The molecular weight excluding hydrogens is 621 g/mol. The summed E-state index contributed by atoms with van der Waals surface area (Å²) in [5, 5.41) is 21.3. The molecule has 0 saturated carbocycles. The highest BCUT2D eigenvalue weighted by molar-refractivity contribution is 7.32. The quantitative estimate of drug-likeness (QED) is 0.0670. The van der Waals surface area contributed by atoms with E-state index in [9.17, 15) is 33.7 Å². The van der Waals surface area contributed by atoms with Gasteiger partial charge in [-0.3, -0.25) is 28.5 Å². The summed E-state index contributed by atoms with van der Waals surface area (Å²) in [6, 6.07) is 1.14. The number of aliphatic carboxylic acids is 1. The molecular formula is C31H54N3O11P. The van der Waals surface area contributed by atoms with Crippen LogP contribution in [0.25, 0.3) is 0 Å². The number of carbonyl (C=O) groups excluding carboxylic acids is 1. The third-order valence-electron chi connectivity index (χ3n) is 8.08. The van der Waals surface area contributed by atoms with Gasteiger partial charge in [-0.25, -0.2) is 4.79 Å². The standard InChI is InChI=1S/C31H54N3O11P/c35-23-24-28(45-46(41)42)29(30(44-24)34-21-19-26(37)33-31(34)40)43-22-16-12-11-15-20-32-25(36)17-13-9-7-5-3-1-2-4-6-8-10-14-18-27(38)39/h19,21,24,28-30,35,46H,1-18,20,22-23H2,(H,32,36)(H,38,39)(H,41,42)(H,33,37,40)/t24-,28?,29?,30-/m1/s1. The van der Waals surface area contributed by atoms with E-state index in [0.717, 1.165) is 68.4 Å². The van der Waals surface area contributed by atoms with Gasteiger partial charge in [0.15, 0.2) is 6.23 Å². The SMILES string of the molecule is O=C(O)CCCCCCCCCCCCCCC(=O)NCCCCCCOC1C(O[PH](=O)O)[C@@H](CO)O[C@H]1n1ccc(=O)[nH]c1=O. The van der Waals surface area contributed by atoms with Crippen molar-refractivity contribution >= 4 is 20.1 Å². The van der Waals surface area contributed by atoms with E-state index in [1.165, 1.54) is 44.7 Å². The molecule has 1 saturated heterocycles. The third kappa shape index (κ3) is 16.5. The van der Waals surface area contributed by atoms with Gasteiger partial charge in [0, 0.05) is 38.3 Å². The second-order valence-electron chi connectivity index (χ2n) is 11.8. The van der Waals surface area contributed by atoms with Gasteiger partial charge in [0.25, 0.3) is 5.56 Å². The van der Waals surface area contributed by atoms with Crippen LogP contribution in [-0.2, 0) is 28.2 Å². The number of aromatic nitrogens is 2. The number of unbranched alkanes of at least 4 members (excludes halogenated alkanes) is 14. The van der Waals surface area contributed by atoms with Crippen LogP contribution in [0.2, 0.25) is 0 Å². The number of hydrogen-bond donors (Lipinski definition) is 5. The van der Waals surface area contributed by atoms with Gasteiger partial charge in [-0.1, -0.05) is 77.0 Å². The molecule has 46 heavy (non-hydrogen) atoms. The number of carboxylic acids is 1. The first kappa shape index (κ1) is 39.8. The van der Waals surface area contributed by atoms with Crippen LogP contribution in [0.3, 0.4) is 0 Å². The summed E-state index contributed by atoms with van der Waals surface area (Å²) in [5.74, 6) is -0.635. The van der Waals surface area contributed by atoms with Gasteiger partial charge in [-0.2, -0.15) is 0 Å². The number of ether oxygens (including phenoxy) is 2. The summed E-state index contributed by atoms with van der Waals surface area (Å²) in [6.07, 6.45) is 14.3. The summed E-state index contributed by atoms with van der Waals surface area (Å²) >= 11 is 0. The molecule has 3 unspecified atom stereocenters. The lowest BCUT2D eigenvalue weighted by Crippen LogP contribution is -2.40. The fourth-order valence-electron chi connectivity index (χ4n) is 5.59. The van der Waals surface area contributed by atoms with Crippen LogP contribution in [-0.4, -0.2) is 74.6 Å². The fourth-order valence-corrected chi connectivity index (χ4v) is 6.11. The minimum Gasteiger partial charge on any atom is -0.481 e. The second-order valence-corrected chi connectivity index (χ2v) is 12.6. The minimum atomic E-state index is -3.40. The predicted molar refractivity (Wildman–Crippen MR) is 172 cm³/mol. The van der Waals surface area contributed by atoms with Crippen LogP contribution in [0.4, 0.5) is 0 Å². The lowest BCUT2D eigenvalue weighted by Gasteiger charge is -2.24. The maximum absolute atomic E-state index is 12.3. The highest BCUT2D eigenvalue weighted by Crippen LogP contribution is 2.37. The van der Waals surface area contributed by atoms with Crippen LogP contribution in [0, 0.1) is 0 Å². The van der Waals surface area contributed by atoms with Crippen molar-refractivity contribution in [3.05, 3.63) is 33.1 Å². The average Bonchev–Trinajstić information content (AvgIpc) is 3.34. The van der Waals surface area contributed by atoms with Crippen LogP contribution in [0.1, 0.15) is 122 Å². The molecule has 264 valence electrons. The molecule has 0 bridgehead atoms. The molecule has 1 aliphatic heterocycles. The molecule has 1 fully saturated rings. The van der Waals surface area contributed by atoms with Gasteiger partial charge in [-0.05, 0) is 25.7 Å².